The van der Waals surface area contributed by atoms with Crippen LogP contribution in [0.5, 0.6) is 5.75 Å². The number of methoxy groups -OCH3 is 1. The number of fused-ring (bicyclic) bond motifs is 1. The van der Waals surface area contributed by atoms with Crippen LogP contribution in [-0.4, -0.2) is 12.1 Å². The fourth-order valence-electron chi connectivity index (χ4n) is 2.28. The van der Waals surface area contributed by atoms with Gasteiger partial charge in [0.15, 0.2) is 0 Å². The number of aromatic amines is 1. The predicted molar refractivity (Wildman–Crippen MR) is 84.2 cm³/mol. The summed E-state index contributed by atoms with van der Waals surface area (Å²) in [4.78, 5) is 14.9. The van der Waals surface area contributed by atoms with Gasteiger partial charge in [-0.3, -0.25) is 4.79 Å². The summed E-state index contributed by atoms with van der Waals surface area (Å²) < 4.78 is 20.4. The maximum Gasteiger partial charge on any atom is 0.259 e. The fraction of sp³-hybridized carbons (Fsp3) is 0.0625. The fourth-order valence-corrected chi connectivity index (χ4v) is 2.82. The minimum absolute atomic E-state index is 0.0250. The average Bonchev–Trinajstić information content (AvgIpc) is 2.47. The van der Waals surface area contributed by atoms with Gasteiger partial charge in [0.2, 0.25) is 0 Å². The Labute approximate surface area is 128 Å². The van der Waals surface area contributed by atoms with Crippen molar-refractivity contribution in [3.05, 3.63) is 63.1 Å². The topological polar surface area (TPSA) is 42.1 Å². The lowest BCUT2D eigenvalue weighted by Gasteiger charge is -2.08. The Kier molecular flexibility index (Phi) is 3.51. The monoisotopic (exact) mass is 347 g/mol. The molecule has 106 valence electrons. The molecule has 0 fully saturated rings. The van der Waals surface area contributed by atoms with E-state index in [2.05, 4.69) is 20.9 Å². The van der Waals surface area contributed by atoms with Gasteiger partial charge in [0.1, 0.15) is 11.6 Å². The molecule has 21 heavy (non-hydrogen) atoms. The summed E-state index contributed by atoms with van der Waals surface area (Å²) in [5, 5.41) is 0.364. The zero-order valence-electron chi connectivity index (χ0n) is 11.1. The van der Waals surface area contributed by atoms with E-state index in [1.807, 2.05) is 0 Å². The number of hydrogen-bond acceptors (Lipinski definition) is 2. The van der Waals surface area contributed by atoms with Crippen molar-refractivity contribution in [1.29, 1.82) is 0 Å². The molecule has 0 aliphatic carbocycles. The Hall–Kier alpha value is -2.14. The molecule has 0 aliphatic rings. The molecule has 0 saturated carbocycles. The van der Waals surface area contributed by atoms with Crippen molar-refractivity contribution in [3.8, 4) is 16.9 Å². The summed E-state index contributed by atoms with van der Waals surface area (Å²) in [6.45, 7) is 0. The van der Waals surface area contributed by atoms with Gasteiger partial charge < -0.3 is 9.72 Å². The van der Waals surface area contributed by atoms with Crippen molar-refractivity contribution in [1.82, 2.24) is 4.98 Å². The molecule has 3 rings (SSSR count). The van der Waals surface area contributed by atoms with Crippen molar-refractivity contribution in [3.63, 3.8) is 0 Å². The number of rotatable bonds is 2. The number of H-pyrrole nitrogens is 1. The van der Waals surface area contributed by atoms with Crippen LogP contribution in [0, 0.1) is 5.82 Å². The van der Waals surface area contributed by atoms with Gasteiger partial charge in [0, 0.05) is 9.86 Å². The maximum atomic E-state index is 14.8. The first-order valence-corrected chi connectivity index (χ1v) is 7.05. The van der Waals surface area contributed by atoms with Gasteiger partial charge in [0.05, 0.1) is 18.2 Å². The van der Waals surface area contributed by atoms with Crippen molar-refractivity contribution >= 4 is 26.8 Å². The van der Waals surface area contributed by atoms with Crippen molar-refractivity contribution in [2.75, 3.05) is 7.11 Å². The molecule has 0 unspecified atom stereocenters. The van der Waals surface area contributed by atoms with Gasteiger partial charge in [-0.2, -0.15) is 0 Å². The largest absolute Gasteiger partial charge is 0.497 e. The number of halogens is 2. The van der Waals surface area contributed by atoms with Gasteiger partial charge in [-0.05, 0) is 45.8 Å². The van der Waals surface area contributed by atoms with E-state index < -0.39 is 11.4 Å². The van der Waals surface area contributed by atoms with Gasteiger partial charge in [-0.25, -0.2) is 4.39 Å². The minimum atomic E-state index is -0.536. The third kappa shape index (κ3) is 2.34. The van der Waals surface area contributed by atoms with E-state index in [0.29, 0.717) is 26.7 Å². The first-order valence-electron chi connectivity index (χ1n) is 6.26. The highest BCUT2D eigenvalue weighted by Gasteiger charge is 2.16. The summed E-state index contributed by atoms with van der Waals surface area (Å²) in [6.07, 6.45) is 0. The summed E-state index contributed by atoms with van der Waals surface area (Å²) in [5.74, 6) is 0.115. The van der Waals surface area contributed by atoms with Crippen LogP contribution in [0.2, 0.25) is 0 Å². The normalized spacial score (nSPS) is 10.8. The molecular formula is C16H11BrFNO2. The van der Waals surface area contributed by atoms with Crippen LogP contribution in [0.4, 0.5) is 4.39 Å². The molecular weight excluding hydrogens is 337 g/mol. The SMILES string of the molecule is COc1ccc(-c2c(F)c3c(Br)cccc3[nH]c2=O)cc1. The number of pyridine rings is 1. The van der Waals surface area contributed by atoms with Crippen LogP contribution in [0.25, 0.3) is 22.0 Å². The van der Waals surface area contributed by atoms with E-state index in [1.165, 1.54) is 0 Å². The van der Waals surface area contributed by atoms with Crippen LogP contribution in [0.1, 0.15) is 0 Å². The molecule has 0 bridgehead atoms. The standard InChI is InChI=1S/C16H11BrFNO2/c1-21-10-7-5-9(6-8-10)13-15(18)14-11(17)3-2-4-12(14)19-16(13)20/h2-8H,1H3,(H,19,20). The maximum absolute atomic E-state index is 14.8. The number of hydrogen-bond donors (Lipinski definition) is 1. The summed E-state index contributed by atoms with van der Waals surface area (Å²) >= 11 is 3.32. The van der Waals surface area contributed by atoms with Crippen LogP contribution in [0.15, 0.2) is 51.7 Å². The van der Waals surface area contributed by atoms with Crippen molar-refractivity contribution in [2.24, 2.45) is 0 Å². The number of aromatic nitrogens is 1. The van der Waals surface area contributed by atoms with E-state index in [0.717, 1.165) is 0 Å². The molecule has 0 atom stereocenters. The number of benzene rings is 2. The lowest BCUT2D eigenvalue weighted by molar-refractivity contribution is 0.415. The van der Waals surface area contributed by atoms with E-state index in [4.69, 9.17) is 4.74 Å². The van der Waals surface area contributed by atoms with Crippen molar-refractivity contribution in [2.45, 2.75) is 0 Å². The Balaban J connectivity index is 2.31. The van der Waals surface area contributed by atoms with Gasteiger partial charge in [-0.15, -0.1) is 0 Å². The molecule has 0 radical (unpaired) electrons. The Bertz CT molecular complexity index is 872. The Morgan fingerprint density at radius 2 is 1.86 bits per heavy atom. The van der Waals surface area contributed by atoms with Gasteiger partial charge in [0.25, 0.3) is 5.56 Å². The number of nitrogens with one attached hydrogen (secondary N) is 1. The van der Waals surface area contributed by atoms with E-state index in [-0.39, 0.29) is 5.56 Å². The molecule has 1 heterocycles. The second-order valence-corrected chi connectivity index (χ2v) is 5.39. The molecule has 0 saturated heterocycles. The zero-order valence-corrected chi connectivity index (χ0v) is 12.7. The highest BCUT2D eigenvalue weighted by Crippen LogP contribution is 2.30. The molecule has 0 amide bonds. The van der Waals surface area contributed by atoms with Crippen LogP contribution < -0.4 is 10.3 Å². The van der Waals surface area contributed by atoms with Crippen molar-refractivity contribution < 1.29 is 9.13 Å². The highest BCUT2D eigenvalue weighted by atomic mass is 79.9. The lowest BCUT2D eigenvalue weighted by Crippen LogP contribution is -2.12. The third-order valence-electron chi connectivity index (χ3n) is 3.31. The van der Waals surface area contributed by atoms with Gasteiger partial charge >= 0.3 is 0 Å². The van der Waals surface area contributed by atoms with E-state index in [1.54, 1.807) is 49.6 Å². The summed E-state index contributed by atoms with van der Waals surface area (Å²) in [7, 11) is 1.55. The second kappa shape index (κ2) is 5.33. The molecule has 2 aromatic carbocycles. The summed E-state index contributed by atoms with van der Waals surface area (Å²) in [6, 6.07) is 11.9. The van der Waals surface area contributed by atoms with Crippen LogP contribution >= 0.6 is 15.9 Å². The Morgan fingerprint density at radius 3 is 2.52 bits per heavy atom. The minimum Gasteiger partial charge on any atom is -0.497 e. The number of ether oxygens (including phenoxy) is 1. The lowest BCUT2D eigenvalue weighted by atomic mass is 10.0. The third-order valence-corrected chi connectivity index (χ3v) is 3.97. The molecule has 3 aromatic rings. The summed E-state index contributed by atoms with van der Waals surface area (Å²) in [5.41, 5.74) is 0.539. The highest BCUT2D eigenvalue weighted by molar-refractivity contribution is 9.10. The second-order valence-electron chi connectivity index (χ2n) is 4.53. The first-order chi connectivity index (χ1) is 10.1. The molecule has 1 aromatic heterocycles. The van der Waals surface area contributed by atoms with E-state index in [9.17, 15) is 9.18 Å². The smallest absolute Gasteiger partial charge is 0.259 e. The van der Waals surface area contributed by atoms with Gasteiger partial charge in [-0.1, -0.05) is 18.2 Å². The van der Waals surface area contributed by atoms with Crippen LogP contribution in [-0.2, 0) is 0 Å². The quantitative estimate of drug-likeness (QED) is 0.758. The van der Waals surface area contributed by atoms with Crippen LogP contribution in [0.3, 0.4) is 0 Å². The zero-order chi connectivity index (χ0) is 15.0. The Morgan fingerprint density at radius 1 is 1.14 bits per heavy atom. The predicted octanol–water partition coefficient (Wildman–Crippen LogP) is 4.11. The average molecular weight is 348 g/mol. The molecule has 0 aliphatic heterocycles. The molecule has 1 N–H and O–H groups in total. The molecule has 0 spiro atoms. The van der Waals surface area contributed by atoms with E-state index >= 15 is 0 Å². The molecule has 5 heteroatoms. The first kappa shape index (κ1) is 13.8. The molecule has 3 nitrogen and oxygen atoms in total.